The zero-order valence-electron chi connectivity index (χ0n) is 41.2. The molecule has 0 spiro atoms. The molecule has 0 radical (unpaired) electrons. The molecule has 0 saturated carbocycles. The smallest absolute Gasteiger partial charge is 0.306 e. The van der Waals surface area contributed by atoms with E-state index in [4.69, 9.17) is 28.4 Å². The highest BCUT2D eigenvalue weighted by Crippen LogP contribution is 2.26. The SMILES string of the molecule is CCCCCCC/C=C\C/C=C\CCCCCCCCCCCCCC(=O)OC(COCCCCCCCCCCC)COC1OC(COC2OC(CO)C(O)C(O)C2O)C(O)C(O)C1O. The van der Waals surface area contributed by atoms with Crippen LogP contribution in [0.2, 0.25) is 0 Å². The lowest BCUT2D eigenvalue weighted by molar-refractivity contribution is -0.332. The third-order valence-electron chi connectivity index (χ3n) is 12.7. The van der Waals surface area contributed by atoms with Crippen molar-refractivity contribution in [3.63, 3.8) is 0 Å². The van der Waals surface area contributed by atoms with Gasteiger partial charge in [0.25, 0.3) is 0 Å². The van der Waals surface area contributed by atoms with Crippen molar-refractivity contribution < 1.29 is 69.0 Å². The third kappa shape index (κ3) is 27.6. The first-order valence-electron chi connectivity index (χ1n) is 26.4. The third-order valence-corrected chi connectivity index (χ3v) is 12.7. The van der Waals surface area contributed by atoms with Crippen LogP contribution in [0.5, 0.6) is 0 Å². The van der Waals surface area contributed by atoms with E-state index in [2.05, 4.69) is 38.2 Å². The van der Waals surface area contributed by atoms with Crippen LogP contribution in [0.25, 0.3) is 0 Å². The maximum absolute atomic E-state index is 13.0. The molecule has 2 saturated heterocycles. The number of allylic oxidation sites excluding steroid dienone is 4. The zero-order chi connectivity index (χ0) is 48.0. The first-order valence-corrected chi connectivity index (χ1v) is 26.4. The van der Waals surface area contributed by atoms with Crippen LogP contribution < -0.4 is 0 Å². The second-order valence-electron chi connectivity index (χ2n) is 18.7. The standard InChI is InChI=1S/C52H96O14/c1-3-5-7-9-11-13-14-15-16-17-18-19-20-21-22-23-24-25-26-27-29-31-33-35-44(54)64-41(38-61-36-34-32-30-28-12-10-8-6-4-2)39-62-51-50(60)48(58)46(56)43(66-51)40-63-52-49(59)47(57)45(55)42(37-53)65-52/h14-15,17-18,41-43,45-53,55-60H,3-13,16,19-40H2,1-2H3/b15-14-,18-17-. The molecule has 0 bridgehead atoms. The molecule has 2 aliphatic heterocycles. The number of hydrogen-bond acceptors (Lipinski definition) is 14. The molecule has 2 aliphatic rings. The number of unbranched alkanes of at least 4 members (excludes halogenated alkanes) is 24. The fraction of sp³-hybridized carbons (Fsp3) is 0.904. The molecule has 11 atom stereocenters. The topological polar surface area (TPSA) is 214 Å². The molecular weight excluding hydrogens is 849 g/mol. The van der Waals surface area contributed by atoms with E-state index in [0.29, 0.717) is 13.0 Å². The molecule has 388 valence electrons. The maximum Gasteiger partial charge on any atom is 0.306 e. The summed E-state index contributed by atoms with van der Waals surface area (Å²) in [7, 11) is 0. The molecule has 14 nitrogen and oxygen atoms in total. The number of aliphatic hydroxyl groups excluding tert-OH is 7. The predicted octanol–water partition coefficient (Wildman–Crippen LogP) is 8.02. The van der Waals surface area contributed by atoms with Gasteiger partial charge < -0.3 is 64.2 Å². The molecule has 2 heterocycles. The van der Waals surface area contributed by atoms with Crippen molar-refractivity contribution in [3.8, 4) is 0 Å². The van der Waals surface area contributed by atoms with Gasteiger partial charge in [0.1, 0.15) is 54.9 Å². The van der Waals surface area contributed by atoms with Crippen molar-refractivity contribution in [3.05, 3.63) is 24.3 Å². The van der Waals surface area contributed by atoms with Crippen LogP contribution in [0.4, 0.5) is 0 Å². The lowest BCUT2D eigenvalue weighted by Crippen LogP contribution is -2.61. The van der Waals surface area contributed by atoms with Crippen molar-refractivity contribution in [1.82, 2.24) is 0 Å². The van der Waals surface area contributed by atoms with Gasteiger partial charge in [-0.15, -0.1) is 0 Å². The van der Waals surface area contributed by atoms with E-state index >= 15 is 0 Å². The van der Waals surface area contributed by atoms with Gasteiger partial charge in [-0.25, -0.2) is 0 Å². The van der Waals surface area contributed by atoms with E-state index < -0.39 is 80.7 Å². The second kappa shape index (κ2) is 40.2. The summed E-state index contributed by atoms with van der Waals surface area (Å²) >= 11 is 0. The highest BCUT2D eigenvalue weighted by Gasteiger charge is 2.47. The van der Waals surface area contributed by atoms with Crippen LogP contribution in [0.3, 0.4) is 0 Å². The summed E-state index contributed by atoms with van der Waals surface area (Å²) in [5.74, 6) is -0.377. The van der Waals surface area contributed by atoms with Crippen LogP contribution in [-0.2, 0) is 33.2 Å². The van der Waals surface area contributed by atoms with Crippen molar-refractivity contribution in [2.75, 3.05) is 33.0 Å². The van der Waals surface area contributed by atoms with Crippen LogP contribution in [0.1, 0.15) is 200 Å². The van der Waals surface area contributed by atoms with Gasteiger partial charge in [0.15, 0.2) is 12.6 Å². The minimum absolute atomic E-state index is 0.0642. The summed E-state index contributed by atoms with van der Waals surface area (Å²) in [6, 6.07) is 0. The highest BCUT2D eigenvalue weighted by atomic mass is 16.7. The lowest BCUT2D eigenvalue weighted by atomic mass is 9.98. The minimum atomic E-state index is -1.70. The molecule has 0 aliphatic carbocycles. The van der Waals surface area contributed by atoms with Crippen LogP contribution in [-0.4, -0.2) is 142 Å². The Morgan fingerprint density at radius 1 is 0.500 bits per heavy atom. The Morgan fingerprint density at radius 2 is 0.939 bits per heavy atom. The fourth-order valence-electron chi connectivity index (χ4n) is 8.37. The maximum atomic E-state index is 13.0. The quantitative estimate of drug-likeness (QED) is 0.0175. The molecule has 0 aromatic rings. The van der Waals surface area contributed by atoms with Gasteiger partial charge in [-0.05, 0) is 44.9 Å². The van der Waals surface area contributed by atoms with Crippen LogP contribution in [0.15, 0.2) is 24.3 Å². The van der Waals surface area contributed by atoms with Gasteiger partial charge in [0.2, 0.25) is 0 Å². The van der Waals surface area contributed by atoms with Crippen molar-refractivity contribution in [2.45, 2.75) is 268 Å². The van der Waals surface area contributed by atoms with E-state index in [1.54, 1.807) is 0 Å². The molecule has 2 fully saturated rings. The number of carbonyl (C=O) groups excluding carboxylic acids is 1. The summed E-state index contributed by atoms with van der Waals surface area (Å²) < 4.78 is 34.2. The predicted molar refractivity (Wildman–Crippen MR) is 257 cm³/mol. The highest BCUT2D eigenvalue weighted by molar-refractivity contribution is 5.69. The van der Waals surface area contributed by atoms with Crippen molar-refractivity contribution >= 4 is 5.97 Å². The summed E-state index contributed by atoms with van der Waals surface area (Å²) in [6.07, 6.45) is 26.8. The Labute approximate surface area is 398 Å². The van der Waals surface area contributed by atoms with Gasteiger partial charge in [-0.1, -0.05) is 173 Å². The average molecular weight is 945 g/mol. The first kappa shape index (κ1) is 60.6. The summed E-state index contributed by atoms with van der Waals surface area (Å²) in [5, 5.41) is 72.0. The number of carbonyl (C=O) groups is 1. The van der Waals surface area contributed by atoms with Gasteiger partial charge >= 0.3 is 5.97 Å². The molecular formula is C52H96O14. The van der Waals surface area contributed by atoms with Crippen molar-refractivity contribution in [2.24, 2.45) is 0 Å². The van der Waals surface area contributed by atoms with E-state index in [1.807, 2.05) is 0 Å². The molecule has 66 heavy (non-hydrogen) atoms. The van der Waals surface area contributed by atoms with Gasteiger partial charge in [0, 0.05) is 13.0 Å². The van der Waals surface area contributed by atoms with Gasteiger partial charge in [-0.3, -0.25) is 4.79 Å². The molecule has 11 unspecified atom stereocenters. The Morgan fingerprint density at radius 3 is 1.45 bits per heavy atom. The molecule has 0 amide bonds. The summed E-state index contributed by atoms with van der Waals surface area (Å²) in [4.78, 5) is 13.0. The molecule has 2 rings (SSSR count). The summed E-state index contributed by atoms with van der Waals surface area (Å²) in [5.41, 5.74) is 0. The molecule has 0 aromatic carbocycles. The van der Waals surface area contributed by atoms with Crippen LogP contribution >= 0.6 is 0 Å². The van der Waals surface area contributed by atoms with E-state index in [9.17, 15) is 40.5 Å². The van der Waals surface area contributed by atoms with E-state index in [1.165, 1.54) is 128 Å². The van der Waals surface area contributed by atoms with Crippen LogP contribution in [0, 0.1) is 0 Å². The first-order chi connectivity index (χ1) is 32.1. The number of ether oxygens (including phenoxy) is 6. The number of hydrogen-bond donors (Lipinski definition) is 7. The van der Waals surface area contributed by atoms with Gasteiger partial charge in [0.05, 0.1) is 26.4 Å². The molecule has 14 heteroatoms. The van der Waals surface area contributed by atoms with Crippen molar-refractivity contribution in [1.29, 1.82) is 0 Å². The Hall–Kier alpha value is -1.53. The Bertz CT molecular complexity index is 1190. The normalized spacial score (nSPS) is 26.4. The number of aliphatic hydroxyl groups is 7. The van der Waals surface area contributed by atoms with Gasteiger partial charge in [-0.2, -0.15) is 0 Å². The van der Waals surface area contributed by atoms with E-state index in [0.717, 1.165) is 44.9 Å². The van der Waals surface area contributed by atoms with E-state index in [-0.39, 0.29) is 25.6 Å². The monoisotopic (exact) mass is 945 g/mol. The zero-order valence-corrected chi connectivity index (χ0v) is 41.2. The number of rotatable bonds is 42. The minimum Gasteiger partial charge on any atom is -0.457 e. The second-order valence-corrected chi connectivity index (χ2v) is 18.7. The molecule has 7 N–H and O–H groups in total. The molecule has 0 aromatic heterocycles. The average Bonchev–Trinajstić information content (AvgIpc) is 3.31. The Kier molecular flexibility index (Phi) is 36.9. The lowest BCUT2D eigenvalue weighted by Gasteiger charge is -2.42. The largest absolute Gasteiger partial charge is 0.457 e. The summed E-state index contributed by atoms with van der Waals surface area (Å²) in [6.45, 7) is 3.67. The number of esters is 1. The fourth-order valence-corrected chi connectivity index (χ4v) is 8.37. The Balaban J connectivity index is 1.69.